The summed E-state index contributed by atoms with van der Waals surface area (Å²) in [6.07, 6.45) is -4.86. The maximum atomic E-state index is 13.9. The average molecular weight is 632 g/mol. The van der Waals surface area contributed by atoms with Gasteiger partial charge in [0.15, 0.2) is 0 Å². The standard InChI is InChI=1S/C29H18F5N3O4S2/c30-15-7-5-14(6-8-15)21-22-23(26(40)37(25(22)39)19-4-2-1-3-18(19)29(32,33)34)42-27-24(21)43-28(41)36(27)13-20(38)35-17-11-9-16(31)10-12-17/h1-12,21-23H,13H2,(H,35,38)/t21-,22?,23?/m1/s1. The largest absolute Gasteiger partial charge is 0.418 e. The Morgan fingerprint density at radius 2 is 1.49 bits per heavy atom. The quantitative estimate of drug-likeness (QED) is 0.228. The van der Waals surface area contributed by atoms with Crippen LogP contribution in [0.4, 0.5) is 33.3 Å². The Labute approximate surface area is 247 Å². The van der Waals surface area contributed by atoms with E-state index in [9.17, 15) is 41.1 Å². The van der Waals surface area contributed by atoms with Crippen molar-refractivity contribution in [1.82, 2.24) is 4.57 Å². The summed E-state index contributed by atoms with van der Waals surface area (Å²) in [7, 11) is 0. The number of aromatic nitrogens is 1. The Hall–Kier alpha value is -4.30. The topological polar surface area (TPSA) is 88.5 Å². The lowest BCUT2D eigenvalue weighted by Gasteiger charge is -2.30. The monoisotopic (exact) mass is 631 g/mol. The second kappa shape index (κ2) is 10.8. The van der Waals surface area contributed by atoms with Crippen molar-refractivity contribution in [3.63, 3.8) is 0 Å². The van der Waals surface area contributed by atoms with Crippen LogP contribution < -0.4 is 15.1 Å². The van der Waals surface area contributed by atoms with Crippen molar-refractivity contribution in [2.75, 3.05) is 10.2 Å². The van der Waals surface area contributed by atoms with Crippen LogP contribution in [0.3, 0.4) is 0 Å². The summed E-state index contributed by atoms with van der Waals surface area (Å²) < 4.78 is 69.9. The van der Waals surface area contributed by atoms with Crippen LogP contribution in [-0.4, -0.2) is 27.5 Å². The van der Waals surface area contributed by atoms with Crippen LogP contribution in [-0.2, 0) is 27.1 Å². The molecule has 7 nitrogen and oxygen atoms in total. The highest BCUT2D eigenvalue weighted by Gasteiger charge is 2.57. The molecule has 1 fully saturated rings. The van der Waals surface area contributed by atoms with E-state index in [1.54, 1.807) is 0 Å². The van der Waals surface area contributed by atoms with Crippen LogP contribution in [0, 0.1) is 17.6 Å². The van der Waals surface area contributed by atoms with Crippen LogP contribution in [0.1, 0.15) is 21.9 Å². The zero-order valence-corrected chi connectivity index (χ0v) is 23.2. The number of thiazole rings is 1. The molecule has 1 N–H and O–H groups in total. The Bertz CT molecular complexity index is 1820. The number of alkyl halides is 3. The minimum atomic E-state index is -4.86. The van der Waals surface area contributed by atoms with Crippen molar-refractivity contribution in [1.29, 1.82) is 0 Å². The summed E-state index contributed by atoms with van der Waals surface area (Å²) in [5.41, 5.74) is -1.13. The lowest BCUT2D eigenvalue weighted by Crippen LogP contribution is -2.33. The van der Waals surface area contributed by atoms with Gasteiger partial charge in [-0.25, -0.2) is 13.7 Å². The second-order valence-electron chi connectivity index (χ2n) is 9.80. The first kappa shape index (κ1) is 28.8. The number of halogens is 5. The van der Waals surface area contributed by atoms with Crippen LogP contribution >= 0.6 is 23.1 Å². The van der Waals surface area contributed by atoms with Gasteiger partial charge in [-0.05, 0) is 54.1 Å². The number of rotatable bonds is 5. The van der Waals surface area contributed by atoms with E-state index in [1.807, 2.05) is 0 Å². The van der Waals surface area contributed by atoms with Crippen molar-refractivity contribution in [3.05, 3.63) is 110 Å². The summed E-state index contributed by atoms with van der Waals surface area (Å²) in [6, 6.07) is 14.2. The van der Waals surface area contributed by atoms with Crippen molar-refractivity contribution < 1.29 is 36.3 Å². The van der Waals surface area contributed by atoms with Gasteiger partial charge in [0.05, 0.1) is 22.2 Å². The Balaban J connectivity index is 1.43. The first-order valence-corrected chi connectivity index (χ1v) is 14.4. The smallest absolute Gasteiger partial charge is 0.325 e. The van der Waals surface area contributed by atoms with Crippen LogP contribution in [0.25, 0.3) is 0 Å². The van der Waals surface area contributed by atoms with E-state index in [2.05, 4.69) is 5.32 Å². The molecule has 1 aromatic heterocycles. The van der Waals surface area contributed by atoms with Gasteiger partial charge < -0.3 is 5.32 Å². The third kappa shape index (κ3) is 5.14. The van der Waals surface area contributed by atoms with Gasteiger partial charge in [-0.15, -0.1) is 0 Å². The highest BCUT2D eigenvalue weighted by atomic mass is 32.2. The highest BCUT2D eigenvalue weighted by Crippen LogP contribution is 2.54. The molecular formula is C29H18F5N3O4S2. The molecule has 4 aromatic rings. The van der Waals surface area contributed by atoms with Gasteiger partial charge in [0.25, 0.3) is 0 Å². The fourth-order valence-electron chi connectivity index (χ4n) is 5.31. The number of nitrogens with one attached hydrogen (secondary N) is 1. The van der Waals surface area contributed by atoms with E-state index < -0.39 is 75.3 Å². The summed E-state index contributed by atoms with van der Waals surface area (Å²) in [4.78, 5) is 53.9. The van der Waals surface area contributed by atoms with Crippen molar-refractivity contribution >= 4 is 52.2 Å². The molecule has 2 aliphatic rings. The number of fused-ring (bicyclic) bond motifs is 2. The van der Waals surface area contributed by atoms with E-state index in [-0.39, 0.29) is 10.7 Å². The first-order valence-electron chi connectivity index (χ1n) is 12.7. The molecule has 0 bridgehead atoms. The van der Waals surface area contributed by atoms with Gasteiger partial charge >= 0.3 is 11.0 Å². The number of anilines is 2. The number of hydrogen-bond acceptors (Lipinski definition) is 6. The normalized spacial score (nSPS) is 19.7. The minimum absolute atomic E-state index is 0.201. The van der Waals surface area contributed by atoms with Gasteiger partial charge in [-0.2, -0.15) is 13.2 Å². The average Bonchev–Trinajstić information content (AvgIpc) is 3.40. The highest BCUT2D eigenvalue weighted by molar-refractivity contribution is 8.00. The minimum Gasteiger partial charge on any atom is -0.325 e. The molecule has 2 aliphatic heterocycles. The number of amides is 3. The molecule has 3 amide bonds. The molecule has 0 saturated carbocycles. The van der Waals surface area contributed by atoms with E-state index in [0.29, 0.717) is 15.3 Å². The van der Waals surface area contributed by atoms with Gasteiger partial charge in [0.1, 0.15) is 23.4 Å². The number of nitrogens with zero attached hydrogens (tertiary/aromatic N) is 2. The maximum Gasteiger partial charge on any atom is 0.418 e. The lowest BCUT2D eigenvalue weighted by molar-refractivity contribution is -0.137. The SMILES string of the molecule is O=C(Cn1c2c(sc1=O)[C@H](c1ccc(F)cc1)C1C(=O)N(c3ccccc3C(F)(F)F)C(=O)C1S2)Nc1ccc(F)cc1. The third-order valence-electron chi connectivity index (χ3n) is 7.16. The van der Waals surface area contributed by atoms with Crippen LogP contribution in [0.5, 0.6) is 0 Å². The molecule has 1 saturated heterocycles. The molecule has 0 radical (unpaired) electrons. The summed E-state index contributed by atoms with van der Waals surface area (Å²) in [6.45, 7) is -0.495. The van der Waals surface area contributed by atoms with E-state index >= 15 is 0 Å². The van der Waals surface area contributed by atoms with Crippen molar-refractivity contribution in [3.8, 4) is 0 Å². The number of carbonyl (C=O) groups is 3. The van der Waals surface area contributed by atoms with Gasteiger partial charge in [-0.3, -0.25) is 23.7 Å². The number of hydrogen-bond donors (Lipinski definition) is 1. The molecule has 14 heteroatoms. The molecule has 2 unspecified atom stereocenters. The number of thioether (sulfide) groups is 1. The van der Waals surface area contributed by atoms with Crippen LogP contribution in [0.2, 0.25) is 0 Å². The molecular weight excluding hydrogens is 613 g/mol. The van der Waals surface area contributed by atoms with Gasteiger partial charge in [0, 0.05) is 16.5 Å². The number of para-hydroxylation sites is 1. The second-order valence-corrected chi connectivity index (χ2v) is 11.9. The van der Waals surface area contributed by atoms with E-state index in [1.165, 1.54) is 30.3 Å². The zero-order chi connectivity index (χ0) is 30.6. The summed E-state index contributed by atoms with van der Waals surface area (Å²) in [5, 5.41) is 1.52. The molecule has 3 heterocycles. The molecule has 43 heavy (non-hydrogen) atoms. The van der Waals surface area contributed by atoms with E-state index in [4.69, 9.17) is 0 Å². The molecule has 3 aromatic carbocycles. The molecule has 0 spiro atoms. The van der Waals surface area contributed by atoms with Crippen molar-refractivity contribution in [2.24, 2.45) is 5.92 Å². The van der Waals surface area contributed by atoms with Gasteiger partial charge in [-0.1, -0.05) is 47.4 Å². The molecule has 0 aliphatic carbocycles. The number of benzene rings is 3. The fraction of sp³-hybridized carbons (Fsp3) is 0.172. The Morgan fingerprint density at radius 1 is 0.860 bits per heavy atom. The predicted molar refractivity (Wildman–Crippen MR) is 149 cm³/mol. The van der Waals surface area contributed by atoms with E-state index in [0.717, 1.165) is 70.1 Å². The summed E-state index contributed by atoms with van der Waals surface area (Å²) in [5.74, 6) is -5.72. The van der Waals surface area contributed by atoms with Gasteiger partial charge in [0.2, 0.25) is 17.7 Å². The molecule has 3 atom stereocenters. The van der Waals surface area contributed by atoms with Crippen LogP contribution in [0.15, 0.2) is 82.6 Å². The fourth-order valence-corrected chi connectivity index (χ4v) is 8.08. The Morgan fingerprint density at radius 3 is 2.14 bits per heavy atom. The lowest BCUT2D eigenvalue weighted by atomic mass is 9.83. The van der Waals surface area contributed by atoms with Crippen molar-refractivity contribution in [2.45, 2.75) is 28.9 Å². The molecule has 6 rings (SSSR count). The maximum absolute atomic E-state index is 13.9. The zero-order valence-electron chi connectivity index (χ0n) is 21.6. The Kier molecular flexibility index (Phi) is 7.21. The third-order valence-corrected chi connectivity index (χ3v) is 9.76. The summed E-state index contributed by atoms with van der Waals surface area (Å²) >= 11 is 1.56. The number of carbonyl (C=O) groups excluding carboxylic acids is 3. The molecule has 220 valence electrons. The number of imide groups is 1. The predicted octanol–water partition coefficient (Wildman–Crippen LogP) is 5.64. The first-order chi connectivity index (χ1) is 20.4.